The number of benzene rings is 1. The normalized spacial score (nSPS) is 17.4. The van der Waals surface area contributed by atoms with Crippen molar-refractivity contribution in [3.63, 3.8) is 0 Å². The summed E-state index contributed by atoms with van der Waals surface area (Å²) in [5.41, 5.74) is -0.272. The van der Waals surface area contributed by atoms with Gasteiger partial charge in [-0.2, -0.15) is 0 Å². The first-order valence-electron chi connectivity index (χ1n) is 11.5. The quantitative estimate of drug-likeness (QED) is 0.306. The molecule has 14 heteroatoms. The highest BCUT2D eigenvalue weighted by Gasteiger charge is 2.36. The molecule has 3 aromatic rings. The molecule has 38 heavy (non-hydrogen) atoms. The minimum Gasteiger partial charge on any atom is -0.434 e. The van der Waals surface area contributed by atoms with Crippen LogP contribution in [0.4, 0.5) is 17.2 Å². The number of carbonyl (C=O) groups is 3. The Kier molecular flexibility index (Phi) is 7.34. The van der Waals surface area contributed by atoms with E-state index in [-0.39, 0.29) is 17.7 Å². The summed E-state index contributed by atoms with van der Waals surface area (Å²) >= 11 is 0. The summed E-state index contributed by atoms with van der Waals surface area (Å²) in [6.45, 7) is 3.12. The fraction of sp³-hybridized carbons (Fsp3) is 0.292. The molecule has 4 rings (SSSR count). The molecule has 1 aromatic carbocycles. The highest BCUT2D eigenvalue weighted by Crippen LogP contribution is 2.16. The number of cyclic esters (lactones) is 1. The van der Waals surface area contributed by atoms with Crippen molar-refractivity contribution in [3.05, 3.63) is 75.0 Å². The van der Waals surface area contributed by atoms with Gasteiger partial charge >= 0.3 is 11.7 Å². The molecular formula is C24H25N7O7. The lowest BCUT2D eigenvalue weighted by atomic mass is 10.2. The molecule has 1 aliphatic rings. The molecule has 0 spiro atoms. The van der Waals surface area contributed by atoms with E-state index in [0.717, 1.165) is 16.5 Å². The van der Waals surface area contributed by atoms with Crippen molar-refractivity contribution < 1.29 is 24.2 Å². The monoisotopic (exact) mass is 523 g/mol. The highest BCUT2D eigenvalue weighted by atomic mass is 16.6. The van der Waals surface area contributed by atoms with Gasteiger partial charge < -0.3 is 30.4 Å². The number of nitrogens with zero attached hydrogens (tertiary/aromatic N) is 4. The summed E-state index contributed by atoms with van der Waals surface area (Å²) in [4.78, 5) is 71.0. The number of aromatic nitrogens is 4. The number of aryl methyl sites for hydroxylation is 2. The van der Waals surface area contributed by atoms with Gasteiger partial charge in [0.15, 0.2) is 0 Å². The fourth-order valence-electron chi connectivity index (χ4n) is 3.71. The van der Waals surface area contributed by atoms with Crippen LogP contribution in [-0.4, -0.2) is 54.3 Å². The zero-order valence-electron chi connectivity index (χ0n) is 20.7. The van der Waals surface area contributed by atoms with Crippen molar-refractivity contribution in [2.24, 2.45) is 7.05 Å². The lowest BCUT2D eigenvalue weighted by Crippen LogP contribution is -2.49. The second-order valence-corrected chi connectivity index (χ2v) is 8.69. The fourth-order valence-corrected chi connectivity index (χ4v) is 3.71. The number of aliphatic hydroxyl groups excluding tert-OH is 1. The Morgan fingerprint density at radius 3 is 2.45 bits per heavy atom. The van der Waals surface area contributed by atoms with E-state index in [9.17, 15) is 29.1 Å². The SMILES string of the molecule is Cc1cnc(Nc2ccc(C(=O)Nc3cn(C)c(=O)n(C(C)C(=O)NC4CC(=O)OC4O)c3=O)cc2)cn1. The predicted molar refractivity (Wildman–Crippen MR) is 134 cm³/mol. The van der Waals surface area contributed by atoms with Crippen LogP contribution in [0, 0.1) is 6.92 Å². The summed E-state index contributed by atoms with van der Waals surface area (Å²) in [5.74, 6) is -1.58. The zero-order valence-corrected chi connectivity index (χ0v) is 20.7. The predicted octanol–water partition coefficient (Wildman–Crippen LogP) is -0.0476. The molecule has 198 valence electrons. The van der Waals surface area contributed by atoms with Crippen molar-refractivity contribution in [1.29, 1.82) is 0 Å². The van der Waals surface area contributed by atoms with Gasteiger partial charge in [-0.15, -0.1) is 0 Å². The molecule has 1 saturated heterocycles. The standard InChI is InChI=1S/C24H25N7O7/c1-12-9-26-18(10-25-12)27-15-6-4-14(5-7-15)21(34)29-17-11-30(3)24(37)31(22(17)35)13(2)20(33)28-16-8-19(32)38-23(16)36/h4-7,9-11,13,16,23,36H,8H2,1-3H3,(H,26,27)(H,28,33)(H,29,34). The van der Waals surface area contributed by atoms with E-state index in [1.54, 1.807) is 24.5 Å². The number of aliphatic hydroxyl groups is 1. The van der Waals surface area contributed by atoms with E-state index in [0.29, 0.717) is 16.1 Å². The molecule has 0 bridgehead atoms. The van der Waals surface area contributed by atoms with Crippen molar-refractivity contribution >= 4 is 35.0 Å². The van der Waals surface area contributed by atoms with Crippen LogP contribution in [0.15, 0.2) is 52.4 Å². The first-order chi connectivity index (χ1) is 18.0. The van der Waals surface area contributed by atoms with Crippen molar-refractivity contribution in [1.82, 2.24) is 24.4 Å². The van der Waals surface area contributed by atoms with Crippen molar-refractivity contribution in [2.75, 3.05) is 10.6 Å². The van der Waals surface area contributed by atoms with Crippen LogP contribution in [0.3, 0.4) is 0 Å². The van der Waals surface area contributed by atoms with Crippen LogP contribution in [-0.2, 0) is 21.4 Å². The maximum atomic E-state index is 13.1. The number of ether oxygens (including phenoxy) is 1. The second-order valence-electron chi connectivity index (χ2n) is 8.69. The molecule has 1 fully saturated rings. The van der Waals surface area contributed by atoms with Gasteiger partial charge in [-0.25, -0.2) is 14.3 Å². The number of rotatable bonds is 7. The van der Waals surface area contributed by atoms with Crippen LogP contribution >= 0.6 is 0 Å². The molecule has 1 aliphatic heterocycles. The summed E-state index contributed by atoms with van der Waals surface area (Å²) in [7, 11) is 1.36. The van der Waals surface area contributed by atoms with E-state index >= 15 is 0 Å². The Bertz CT molecular complexity index is 1500. The lowest BCUT2D eigenvalue weighted by molar-refractivity contribution is -0.155. The number of nitrogens with one attached hydrogen (secondary N) is 3. The molecule has 4 N–H and O–H groups in total. The minimum absolute atomic E-state index is 0.228. The van der Waals surface area contributed by atoms with Crippen molar-refractivity contribution in [2.45, 2.75) is 38.6 Å². The van der Waals surface area contributed by atoms with Gasteiger partial charge in [0.2, 0.25) is 12.2 Å². The van der Waals surface area contributed by atoms with Crippen LogP contribution in [0.1, 0.15) is 35.4 Å². The van der Waals surface area contributed by atoms with Gasteiger partial charge in [0.1, 0.15) is 23.6 Å². The van der Waals surface area contributed by atoms with Crippen LogP contribution in [0.5, 0.6) is 0 Å². The molecule has 3 unspecified atom stereocenters. The average molecular weight is 524 g/mol. The summed E-state index contributed by atoms with van der Waals surface area (Å²) in [6, 6.07) is 4.02. The van der Waals surface area contributed by atoms with Gasteiger partial charge in [0.25, 0.3) is 11.5 Å². The summed E-state index contributed by atoms with van der Waals surface area (Å²) < 4.78 is 6.30. The van der Waals surface area contributed by atoms with E-state index in [1.165, 1.54) is 26.1 Å². The Labute approximate surface area is 215 Å². The van der Waals surface area contributed by atoms with Crippen LogP contribution in [0.25, 0.3) is 0 Å². The first-order valence-corrected chi connectivity index (χ1v) is 11.5. The minimum atomic E-state index is -1.53. The number of hydrogen-bond donors (Lipinski definition) is 4. The molecular weight excluding hydrogens is 498 g/mol. The van der Waals surface area contributed by atoms with Gasteiger partial charge in [-0.1, -0.05) is 0 Å². The maximum absolute atomic E-state index is 13.1. The summed E-state index contributed by atoms with van der Waals surface area (Å²) in [6.07, 6.45) is 2.56. The van der Waals surface area contributed by atoms with Gasteiger partial charge in [0, 0.05) is 24.5 Å². The molecule has 2 aromatic heterocycles. The Morgan fingerprint density at radius 1 is 1.13 bits per heavy atom. The molecule has 14 nitrogen and oxygen atoms in total. The molecule has 3 atom stereocenters. The Morgan fingerprint density at radius 2 is 1.84 bits per heavy atom. The topological polar surface area (TPSA) is 187 Å². The molecule has 2 amide bonds. The highest BCUT2D eigenvalue weighted by molar-refractivity contribution is 6.04. The van der Waals surface area contributed by atoms with E-state index < -0.39 is 47.4 Å². The second kappa shape index (κ2) is 10.6. The number of hydrogen-bond acceptors (Lipinski definition) is 10. The van der Waals surface area contributed by atoms with Gasteiger partial charge in [-0.05, 0) is 38.1 Å². The van der Waals surface area contributed by atoms with E-state index in [2.05, 4.69) is 30.7 Å². The largest absolute Gasteiger partial charge is 0.434 e. The first kappa shape index (κ1) is 26.2. The number of esters is 1. The third kappa shape index (κ3) is 5.59. The average Bonchev–Trinajstić information content (AvgIpc) is 3.20. The molecule has 0 saturated carbocycles. The Hall–Kier alpha value is -4.85. The van der Waals surface area contributed by atoms with E-state index in [1.807, 2.05) is 6.92 Å². The van der Waals surface area contributed by atoms with Gasteiger partial charge in [-0.3, -0.25) is 24.2 Å². The Balaban J connectivity index is 1.50. The summed E-state index contributed by atoms with van der Waals surface area (Å²) in [5, 5.41) is 17.6. The lowest BCUT2D eigenvalue weighted by Gasteiger charge is -2.20. The van der Waals surface area contributed by atoms with E-state index in [4.69, 9.17) is 0 Å². The molecule has 0 radical (unpaired) electrons. The van der Waals surface area contributed by atoms with Gasteiger partial charge in [0.05, 0.1) is 24.5 Å². The smallest absolute Gasteiger partial charge is 0.331 e. The third-order valence-electron chi connectivity index (χ3n) is 5.81. The van der Waals surface area contributed by atoms with Crippen LogP contribution < -0.4 is 27.2 Å². The zero-order chi connectivity index (χ0) is 27.6. The molecule has 0 aliphatic carbocycles. The molecule has 3 heterocycles. The number of anilines is 3. The number of carbonyl (C=O) groups excluding carboxylic acids is 3. The maximum Gasteiger partial charge on any atom is 0.331 e. The number of amides is 2. The third-order valence-corrected chi connectivity index (χ3v) is 5.81. The van der Waals surface area contributed by atoms with Crippen LogP contribution in [0.2, 0.25) is 0 Å². The van der Waals surface area contributed by atoms with Crippen molar-refractivity contribution in [3.8, 4) is 0 Å².